The van der Waals surface area contributed by atoms with Gasteiger partial charge < -0.3 is 9.88 Å². The van der Waals surface area contributed by atoms with E-state index in [1.54, 1.807) is 12.4 Å². The number of hydrogen-bond acceptors (Lipinski definition) is 5. The Labute approximate surface area is 195 Å². The van der Waals surface area contributed by atoms with Crippen LogP contribution in [-0.4, -0.2) is 49.8 Å². The molecule has 0 unspecified atom stereocenters. The first kappa shape index (κ1) is 22.3. The molecule has 176 valence electrons. The van der Waals surface area contributed by atoms with Gasteiger partial charge in [-0.3, -0.25) is 19.5 Å². The van der Waals surface area contributed by atoms with Crippen molar-refractivity contribution in [2.24, 2.45) is 0 Å². The molecule has 1 N–H and O–H groups in total. The number of likely N-dealkylation sites (tertiary alicyclic amines) is 1. The zero-order valence-electron chi connectivity index (χ0n) is 19.5. The van der Waals surface area contributed by atoms with Crippen LogP contribution in [0.1, 0.15) is 86.5 Å². The van der Waals surface area contributed by atoms with E-state index in [9.17, 15) is 9.59 Å². The van der Waals surface area contributed by atoms with Gasteiger partial charge >= 0.3 is 0 Å². The van der Waals surface area contributed by atoms with Crippen molar-refractivity contribution in [3.8, 4) is 0 Å². The van der Waals surface area contributed by atoms with Gasteiger partial charge in [-0.15, -0.1) is 0 Å². The maximum absolute atomic E-state index is 13.1. The van der Waals surface area contributed by atoms with Crippen molar-refractivity contribution in [2.75, 3.05) is 13.1 Å². The number of amides is 1. The van der Waals surface area contributed by atoms with Crippen LogP contribution in [0.25, 0.3) is 0 Å². The Bertz CT molecular complexity index is 1020. The fraction of sp³-hybridized carbons (Fsp3) is 0.615. The van der Waals surface area contributed by atoms with Crippen LogP contribution in [0.15, 0.2) is 29.3 Å². The lowest BCUT2D eigenvalue weighted by Crippen LogP contribution is -2.44. The number of nitrogens with zero attached hydrogens (tertiary/aromatic N) is 4. The van der Waals surface area contributed by atoms with Gasteiger partial charge in [0.25, 0.3) is 5.56 Å². The number of H-pyrrole nitrogens is 1. The molecule has 1 amide bonds. The number of nitrogens with one attached hydrogen (secondary N) is 1. The summed E-state index contributed by atoms with van der Waals surface area (Å²) in [7, 11) is 0. The summed E-state index contributed by atoms with van der Waals surface area (Å²) >= 11 is 0. The second-order valence-corrected chi connectivity index (χ2v) is 9.84. The molecule has 2 aromatic heterocycles. The van der Waals surface area contributed by atoms with Crippen LogP contribution in [0.2, 0.25) is 0 Å². The van der Waals surface area contributed by atoms with E-state index in [4.69, 9.17) is 4.98 Å². The van der Waals surface area contributed by atoms with E-state index in [1.165, 1.54) is 32.1 Å². The molecule has 4 heterocycles. The average molecular weight is 450 g/mol. The molecule has 1 atom stereocenters. The third-order valence-corrected chi connectivity index (χ3v) is 7.72. The minimum Gasteiger partial charge on any atom is -0.333 e. The average Bonchev–Trinajstić information content (AvgIpc) is 2.88. The number of hydrogen-bond donors (Lipinski definition) is 1. The van der Waals surface area contributed by atoms with Gasteiger partial charge in [0.15, 0.2) is 0 Å². The van der Waals surface area contributed by atoms with Crippen molar-refractivity contribution in [3.63, 3.8) is 0 Å². The second-order valence-electron chi connectivity index (χ2n) is 9.84. The summed E-state index contributed by atoms with van der Waals surface area (Å²) in [5, 5.41) is 0. The number of aryl methyl sites for hydroxylation is 1. The van der Waals surface area contributed by atoms with Crippen LogP contribution in [0.4, 0.5) is 0 Å². The van der Waals surface area contributed by atoms with Gasteiger partial charge in [-0.05, 0) is 56.2 Å². The molecule has 2 fully saturated rings. The first-order valence-electron chi connectivity index (χ1n) is 12.7. The number of carbonyl (C=O) groups excluding carboxylic acids is 1. The van der Waals surface area contributed by atoms with Crippen molar-refractivity contribution in [3.05, 3.63) is 57.5 Å². The standard InChI is InChI=1S/C26H35N5O2/c32-24(10-9-19-11-14-27-15-12-19)31-16-5-4-8-23(31)25-28-22-13-17-30(18-21(22)26(33)29-25)20-6-2-1-3-7-20/h11-12,14-15,20,23H,1-10,13,16-18H2,(H,28,29,33)/t23-/m0/s1. The highest BCUT2D eigenvalue weighted by Crippen LogP contribution is 2.31. The quantitative estimate of drug-likeness (QED) is 0.755. The Hall–Kier alpha value is -2.54. The number of fused-ring (bicyclic) bond motifs is 1. The SMILES string of the molecule is O=C(CCc1ccncc1)N1CCCC[C@H]1c1nc2c(c(=O)[nH]1)CN(C1CCCCC1)CC2. The number of pyridine rings is 1. The predicted octanol–water partition coefficient (Wildman–Crippen LogP) is 3.54. The fourth-order valence-electron chi connectivity index (χ4n) is 5.84. The molecular weight excluding hydrogens is 414 g/mol. The molecule has 3 aliphatic rings. The molecule has 1 aliphatic carbocycles. The molecule has 0 radical (unpaired) electrons. The Morgan fingerprint density at radius 2 is 1.82 bits per heavy atom. The zero-order valence-corrected chi connectivity index (χ0v) is 19.5. The smallest absolute Gasteiger partial charge is 0.255 e. The van der Waals surface area contributed by atoms with Crippen molar-refractivity contribution in [1.82, 2.24) is 24.8 Å². The second kappa shape index (κ2) is 10.2. The third-order valence-electron chi connectivity index (χ3n) is 7.72. The van der Waals surface area contributed by atoms with Gasteiger partial charge in [0, 0.05) is 50.9 Å². The predicted molar refractivity (Wildman–Crippen MR) is 127 cm³/mol. The summed E-state index contributed by atoms with van der Waals surface area (Å²) in [6, 6.07) is 4.40. The lowest BCUT2D eigenvalue weighted by Gasteiger charge is -2.38. The van der Waals surface area contributed by atoms with E-state index < -0.39 is 0 Å². The Kier molecular flexibility index (Phi) is 6.85. The first-order chi connectivity index (χ1) is 16.2. The van der Waals surface area contributed by atoms with E-state index in [2.05, 4.69) is 14.9 Å². The third kappa shape index (κ3) is 5.03. The van der Waals surface area contributed by atoms with Crippen LogP contribution in [-0.2, 0) is 24.2 Å². The van der Waals surface area contributed by atoms with Crippen LogP contribution in [0.3, 0.4) is 0 Å². The van der Waals surface area contributed by atoms with E-state index in [1.807, 2.05) is 17.0 Å². The molecule has 33 heavy (non-hydrogen) atoms. The molecule has 7 nitrogen and oxygen atoms in total. The molecule has 7 heteroatoms. The van der Waals surface area contributed by atoms with Gasteiger partial charge in [0.1, 0.15) is 5.82 Å². The van der Waals surface area contributed by atoms with Crippen molar-refractivity contribution in [2.45, 2.75) is 89.3 Å². The minimum absolute atomic E-state index is 0.00901. The van der Waals surface area contributed by atoms with Gasteiger partial charge in [-0.25, -0.2) is 4.98 Å². The van der Waals surface area contributed by atoms with Crippen LogP contribution in [0, 0.1) is 0 Å². The van der Waals surface area contributed by atoms with Gasteiger partial charge in [-0.1, -0.05) is 19.3 Å². The molecule has 0 aromatic carbocycles. The topological polar surface area (TPSA) is 82.2 Å². The van der Waals surface area contributed by atoms with Crippen LogP contribution in [0.5, 0.6) is 0 Å². The molecule has 0 spiro atoms. The molecule has 5 rings (SSSR count). The highest BCUT2D eigenvalue weighted by atomic mass is 16.2. The summed E-state index contributed by atoms with van der Waals surface area (Å²) in [6.45, 7) is 2.42. The van der Waals surface area contributed by atoms with E-state index in [-0.39, 0.29) is 17.5 Å². The minimum atomic E-state index is -0.127. The number of rotatable bonds is 5. The number of carbonyl (C=O) groups is 1. The number of aromatic amines is 1. The summed E-state index contributed by atoms with van der Waals surface area (Å²) in [6.07, 6.45) is 14.9. The van der Waals surface area contributed by atoms with Gasteiger partial charge in [-0.2, -0.15) is 0 Å². The van der Waals surface area contributed by atoms with E-state index in [0.717, 1.165) is 55.6 Å². The van der Waals surface area contributed by atoms with Crippen LogP contribution >= 0.6 is 0 Å². The molecule has 0 bridgehead atoms. The van der Waals surface area contributed by atoms with Crippen molar-refractivity contribution < 1.29 is 4.79 Å². The van der Waals surface area contributed by atoms with Crippen LogP contribution < -0.4 is 5.56 Å². The van der Waals surface area contributed by atoms with Gasteiger partial charge in [0.2, 0.25) is 5.91 Å². The Morgan fingerprint density at radius 3 is 2.64 bits per heavy atom. The number of piperidine rings is 1. The summed E-state index contributed by atoms with van der Waals surface area (Å²) in [5.41, 5.74) is 2.89. The Balaban J connectivity index is 1.31. The molecule has 1 saturated heterocycles. The molecular formula is C26H35N5O2. The largest absolute Gasteiger partial charge is 0.333 e. The van der Waals surface area contributed by atoms with E-state index >= 15 is 0 Å². The normalized spacial score (nSPS) is 22.2. The van der Waals surface area contributed by atoms with Gasteiger partial charge in [0.05, 0.1) is 17.3 Å². The highest BCUT2D eigenvalue weighted by Gasteiger charge is 2.32. The maximum atomic E-state index is 13.1. The molecule has 1 saturated carbocycles. The zero-order chi connectivity index (χ0) is 22.6. The summed E-state index contributed by atoms with van der Waals surface area (Å²) in [4.78, 5) is 42.8. The lowest BCUT2D eigenvalue weighted by atomic mass is 9.92. The number of aromatic nitrogens is 3. The van der Waals surface area contributed by atoms with Crippen molar-refractivity contribution in [1.29, 1.82) is 0 Å². The fourth-order valence-corrected chi connectivity index (χ4v) is 5.84. The Morgan fingerprint density at radius 1 is 1.03 bits per heavy atom. The molecule has 2 aromatic rings. The maximum Gasteiger partial charge on any atom is 0.255 e. The van der Waals surface area contributed by atoms with E-state index in [0.29, 0.717) is 31.3 Å². The molecule has 2 aliphatic heterocycles. The lowest BCUT2D eigenvalue weighted by molar-refractivity contribution is -0.135. The summed E-state index contributed by atoms with van der Waals surface area (Å²) in [5.74, 6) is 0.821. The summed E-state index contributed by atoms with van der Waals surface area (Å²) < 4.78 is 0. The monoisotopic (exact) mass is 449 g/mol. The highest BCUT2D eigenvalue weighted by molar-refractivity contribution is 5.77. The first-order valence-corrected chi connectivity index (χ1v) is 12.7. The van der Waals surface area contributed by atoms with Crippen molar-refractivity contribution >= 4 is 5.91 Å².